The van der Waals surface area contributed by atoms with Gasteiger partial charge in [-0.05, 0) is 156 Å². The number of rotatable bonds is 3. The monoisotopic (exact) mass is 518 g/mol. The molecule has 0 heterocycles. The summed E-state index contributed by atoms with van der Waals surface area (Å²) in [6.45, 7) is 18.1. The average Bonchev–Trinajstić information content (AvgIpc) is 2.93. The fourth-order valence-corrected chi connectivity index (χ4v) is 6.74. The fourth-order valence-electron chi connectivity index (χ4n) is 6.74. The first-order chi connectivity index (χ1) is 19.2. The minimum atomic E-state index is 1.29. The largest absolute Gasteiger partial charge is 0.0616 e. The lowest BCUT2D eigenvalue weighted by Crippen LogP contribution is -1.99. The molecule has 0 heteroatoms. The molecule has 0 unspecified atom stereocenters. The first kappa shape index (κ1) is 26.1. The van der Waals surface area contributed by atoms with Crippen molar-refractivity contribution >= 4 is 21.5 Å². The second kappa shape index (κ2) is 9.79. The molecule has 198 valence electrons. The molecule has 0 atom stereocenters. The fraction of sp³-hybridized carbons (Fsp3) is 0.200. The van der Waals surface area contributed by atoms with E-state index in [-0.39, 0.29) is 0 Å². The Morgan fingerprint density at radius 3 is 1.10 bits per heavy atom. The zero-order valence-electron chi connectivity index (χ0n) is 25.1. The van der Waals surface area contributed by atoms with Crippen LogP contribution in [0.3, 0.4) is 0 Å². The van der Waals surface area contributed by atoms with E-state index in [1.807, 2.05) is 0 Å². The van der Waals surface area contributed by atoms with Crippen LogP contribution >= 0.6 is 0 Å². The third-order valence-corrected chi connectivity index (χ3v) is 9.07. The maximum absolute atomic E-state index is 2.41. The molecule has 0 spiro atoms. The quantitative estimate of drug-likeness (QED) is 0.218. The molecule has 6 aromatic carbocycles. The Morgan fingerprint density at radius 2 is 0.700 bits per heavy atom. The van der Waals surface area contributed by atoms with Gasteiger partial charge in [-0.3, -0.25) is 0 Å². The molecule has 0 fully saturated rings. The highest BCUT2D eigenvalue weighted by atomic mass is 14.2. The number of aryl methyl sites for hydroxylation is 4. The van der Waals surface area contributed by atoms with Crippen molar-refractivity contribution in [3.63, 3.8) is 0 Å². The van der Waals surface area contributed by atoms with Crippen molar-refractivity contribution in [3.8, 4) is 33.4 Å². The Hall–Kier alpha value is -4.16. The second-order valence-corrected chi connectivity index (χ2v) is 11.8. The predicted molar refractivity (Wildman–Crippen MR) is 176 cm³/mol. The SMILES string of the molecule is Cc1cc(C)c(C)c(-c2cc3ccccc3c(-c3c(C)c(-c4cc(C)cc(C)c4C)cc4ccccc34)c2C)c1. The maximum atomic E-state index is 2.41. The highest BCUT2D eigenvalue weighted by molar-refractivity contribution is 6.11. The molecule has 0 bridgehead atoms. The summed E-state index contributed by atoms with van der Waals surface area (Å²) < 4.78 is 0. The zero-order valence-corrected chi connectivity index (χ0v) is 25.1. The van der Waals surface area contributed by atoms with Crippen molar-refractivity contribution < 1.29 is 0 Å². The van der Waals surface area contributed by atoms with Crippen LogP contribution in [0.2, 0.25) is 0 Å². The lowest BCUT2D eigenvalue weighted by atomic mass is 9.80. The van der Waals surface area contributed by atoms with Gasteiger partial charge in [0.15, 0.2) is 0 Å². The minimum Gasteiger partial charge on any atom is -0.0616 e. The molecule has 0 amide bonds. The number of fused-ring (bicyclic) bond motifs is 2. The summed E-state index contributed by atoms with van der Waals surface area (Å²) in [5.41, 5.74) is 18.7. The molecule has 0 aliphatic rings. The second-order valence-electron chi connectivity index (χ2n) is 11.8. The van der Waals surface area contributed by atoms with E-state index in [0.29, 0.717) is 0 Å². The van der Waals surface area contributed by atoms with Crippen LogP contribution in [0.1, 0.15) is 44.5 Å². The number of benzene rings is 6. The van der Waals surface area contributed by atoms with E-state index < -0.39 is 0 Å². The Balaban J connectivity index is 1.79. The van der Waals surface area contributed by atoms with Gasteiger partial charge in [-0.1, -0.05) is 83.9 Å². The third-order valence-electron chi connectivity index (χ3n) is 9.07. The lowest BCUT2D eigenvalue weighted by molar-refractivity contribution is 1.29. The molecule has 0 radical (unpaired) electrons. The first-order valence-electron chi connectivity index (χ1n) is 14.4. The van der Waals surface area contributed by atoms with E-state index >= 15 is 0 Å². The summed E-state index contributed by atoms with van der Waals surface area (Å²) in [5.74, 6) is 0. The summed E-state index contributed by atoms with van der Waals surface area (Å²) >= 11 is 0. The zero-order chi connectivity index (χ0) is 28.3. The van der Waals surface area contributed by atoms with Crippen LogP contribution in [0.5, 0.6) is 0 Å². The van der Waals surface area contributed by atoms with Crippen molar-refractivity contribution in [3.05, 3.63) is 129 Å². The van der Waals surface area contributed by atoms with E-state index in [9.17, 15) is 0 Å². The molecule has 40 heavy (non-hydrogen) atoms. The standard InChI is InChI=1S/C40H38/c1-23-17-25(3)27(5)35(19-23)37-21-31-13-9-11-15-33(31)39(29(37)7)40-30(8)38(22-32-14-10-12-16-34(32)40)36-20-24(2)18-26(4)28(36)6/h9-22H,1-8H3. The van der Waals surface area contributed by atoms with Crippen molar-refractivity contribution in [2.45, 2.75) is 55.4 Å². The summed E-state index contributed by atoms with van der Waals surface area (Å²) in [6.07, 6.45) is 0. The summed E-state index contributed by atoms with van der Waals surface area (Å²) in [4.78, 5) is 0. The van der Waals surface area contributed by atoms with Crippen molar-refractivity contribution in [2.24, 2.45) is 0 Å². The van der Waals surface area contributed by atoms with Crippen LogP contribution in [-0.4, -0.2) is 0 Å². The van der Waals surface area contributed by atoms with E-state index in [1.165, 1.54) is 99.4 Å². The van der Waals surface area contributed by atoms with Gasteiger partial charge in [-0.25, -0.2) is 0 Å². The van der Waals surface area contributed by atoms with Gasteiger partial charge in [0, 0.05) is 0 Å². The molecular formula is C40H38. The number of hydrogen-bond acceptors (Lipinski definition) is 0. The van der Waals surface area contributed by atoms with Gasteiger partial charge in [0.25, 0.3) is 0 Å². The van der Waals surface area contributed by atoms with Crippen LogP contribution in [0.25, 0.3) is 54.9 Å². The molecule has 0 N–H and O–H groups in total. The van der Waals surface area contributed by atoms with Gasteiger partial charge in [0.1, 0.15) is 0 Å². The van der Waals surface area contributed by atoms with Gasteiger partial charge in [0.05, 0.1) is 0 Å². The van der Waals surface area contributed by atoms with Gasteiger partial charge < -0.3 is 0 Å². The molecule has 0 aromatic heterocycles. The van der Waals surface area contributed by atoms with Crippen LogP contribution in [0, 0.1) is 55.4 Å². The summed E-state index contributed by atoms with van der Waals surface area (Å²) in [6, 6.07) is 32.0. The first-order valence-corrected chi connectivity index (χ1v) is 14.4. The van der Waals surface area contributed by atoms with Crippen LogP contribution in [0.15, 0.2) is 84.9 Å². The van der Waals surface area contributed by atoms with Gasteiger partial charge in [-0.2, -0.15) is 0 Å². The lowest BCUT2D eigenvalue weighted by Gasteiger charge is -2.23. The Morgan fingerprint density at radius 1 is 0.350 bits per heavy atom. The molecular weight excluding hydrogens is 480 g/mol. The topological polar surface area (TPSA) is 0 Å². The number of hydrogen-bond donors (Lipinski definition) is 0. The van der Waals surface area contributed by atoms with Crippen LogP contribution < -0.4 is 0 Å². The molecule has 0 aliphatic heterocycles. The smallest absolute Gasteiger partial charge is 0.00608 e. The molecule has 0 aliphatic carbocycles. The van der Waals surface area contributed by atoms with Gasteiger partial charge >= 0.3 is 0 Å². The molecule has 6 aromatic rings. The highest BCUT2D eigenvalue weighted by Crippen LogP contribution is 2.46. The third kappa shape index (κ3) is 4.14. The van der Waals surface area contributed by atoms with Crippen LogP contribution in [-0.2, 0) is 0 Å². The Labute approximate surface area is 239 Å². The normalized spacial score (nSPS) is 11.5. The van der Waals surface area contributed by atoms with E-state index in [4.69, 9.17) is 0 Å². The van der Waals surface area contributed by atoms with Crippen molar-refractivity contribution in [1.29, 1.82) is 0 Å². The van der Waals surface area contributed by atoms with Gasteiger partial charge in [-0.15, -0.1) is 0 Å². The summed E-state index contributed by atoms with van der Waals surface area (Å²) in [5, 5.41) is 5.20. The molecule has 0 nitrogen and oxygen atoms in total. The Kier molecular flexibility index (Phi) is 6.38. The molecule has 6 rings (SSSR count). The van der Waals surface area contributed by atoms with E-state index in [1.54, 1.807) is 0 Å². The highest BCUT2D eigenvalue weighted by Gasteiger charge is 2.21. The van der Waals surface area contributed by atoms with Crippen LogP contribution in [0.4, 0.5) is 0 Å². The van der Waals surface area contributed by atoms with E-state index in [0.717, 1.165) is 0 Å². The molecule has 0 saturated heterocycles. The van der Waals surface area contributed by atoms with Crippen molar-refractivity contribution in [1.82, 2.24) is 0 Å². The summed E-state index contributed by atoms with van der Waals surface area (Å²) in [7, 11) is 0. The van der Waals surface area contributed by atoms with E-state index in [2.05, 4.69) is 140 Å². The Bertz CT molecular complexity index is 1820. The minimum absolute atomic E-state index is 1.29. The maximum Gasteiger partial charge on any atom is -0.00608 e. The average molecular weight is 519 g/mol. The molecule has 0 saturated carbocycles. The predicted octanol–water partition coefficient (Wildman–Crippen LogP) is 11.5. The van der Waals surface area contributed by atoms with Gasteiger partial charge in [0.2, 0.25) is 0 Å². The van der Waals surface area contributed by atoms with Crippen molar-refractivity contribution in [2.75, 3.05) is 0 Å².